The molecule has 25 heavy (non-hydrogen) atoms. The minimum Gasteiger partial charge on any atom is -0.497 e. The molecule has 2 rings (SSSR count). The lowest BCUT2D eigenvalue weighted by molar-refractivity contribution is -0.139. The molecular formula is C19H22N2O4. The average Bonchev–Trinajstić information content (AvgIpc) is 2.64. The van der Waals surface area contributed by atoms with Crippen LogP contribution in [0.15, 0.2) is 48.5 Å². The van der Waals surface area contributed by atoms with Gasteiger partial charge in [0.2, 0.25) is 0 Å². The highest BCUT2D eigenvalue weighted by Gasteiger charge is 2.12. The van der Waals surface area contributed by atoms with Crippen LogP contribution in [0.5, 0.6) is 11.5 Å². The minimum atomic E-state index is -0.674. The molecule has 0 radical (unpaired) electrons. The SMILES string of the molecule is COc1ccc(OCCNC(=O)C(=O)NCc2ccccc2C)cc1. The van der Waals surface area contributed by atoms with Gasteiger partial charge in [-0.1, -0.05) is 24.3 Å². The van der Waals surface area contributed by atoms with Gasteiger partial charge in [0.25, 0.3) is 0 Å². The van der Waals surface area contributed by atoms with E-state index in [4.69, 9.17) is 9.47 Å². The molecule has 0 unspecified atom stereocenters. The Labute approximate surface area is 147 Å². The fourth-order valence-corrected chi connectivity index (χ4v) is 2.15. The first kappa shape index (κ1) is 18.3. The van der Waals surface area contributed by atoms with Crippen molar-refractivity contribution in [3.8, 4) is 11.5 Å². The predicted molar refractivity (Wildman–Crippen MR) is 94.5 cm³/mol. The molecule has 0 atom stereocenters. The van der Waals surface area contributed by atoms with Crippen LogP contribution >= 0.6 is 0 Å². The van der Waals surface area contributed by atoms with Gasteiger partial charge in [0.1, 0.15) is 18.1 Å². The zero-order valence-electron chi connectivity index (χ0n) is 14.4. The Bertz CT molecular complexity index is 714. The topological polar surface area (TPSA) is 76.7 Å². The van der Waals surface area contributed by atoms with Crippen molar-refractivity contribution in [2.24, 2.45) is 0 Å². The highest BCUT2D eigenvalue weighted by atomic mass is 16.5. The molecule has 0 saturated carbocycles. The predicted octanol–water partition coefficient (Wildman–Crippen LogP) is 1.82. The summed E-state index contributed by atoms with van der Waals surface area (Å²) < 4.78 is 10.5. The fourth-order valence-electron chi connectivity index (χ4n) is 2.15. The largest absolute Gasteiger partial charge is 0.497 e. The van der Waals surface area contributed by atoms with Crippen LogP contribution in [0.3, 0.4) is 0 Å². The van der Waals surface area contributed by atoms with Crippen molar-refractivity contribution >= 4 is 11.8 Å². The molecule has 2 amide bonds. The first-order chi connectivity index (χ1) is 12.1. The van der Waals surface area contributed by atoms with E-state index in [0.29, 0.717) is 12.3 Å². The molecule has 0 heterocycles. The molecular weight excluding hydrogens is 320 g/mol. The van der Waals surface area contributed by atoms with Crippen LogP contribution in [-0.4, -0.2) is 32.1 Å². The maximum Gasteiger partial charge on any atom is 0.309 e. The highest BCUT2D eigenvalue weighted by Crippen LogP contribution is 2.16. The second kappa shape index (κ2) is 9.32. The van der Waals surface area contributed by atoms with Gasteiger partial charge >= 0.3 is 11.8 Å². The minimum absolute atomic E-state index is 0.239. The Morgan fingerprint density at radius 2 is 1.56 bits per heavy atom. The number of rotatable bonds is 7. The fraction of sp³-hybridized carbons (Fsp3) is 0.263. The molecule has 0 saturated heterocycles. The molecule has 132 valence electrons. The number of nitrogens with one attached hydrogen (secondary N) is 2. The molecule has 0 aliphatic rings. The standard InChI is InChI=1S/C19H22N2O4/c1-14-5-3-4-6-15(14)13-21-19(23)18(22)20-11-12-25-17-9-7-16(24-2)8-10-17/h3-10H,11-13H2,1-2H3,(H,20,22)(H,21,23). The molecule has 2 aromatic rings. The third-order valence-electron chi connectivity index (χ3n) is 3.62. The molecule has 2 N–H and O–H groups in total. The third-order valence-corrected chi connectivity index (χ3v) is 3.62. The van der Waals surface area contributed by atoms with E-state index in [1.807, 2.05) is 31.2 Å². The van der Waals surface area contributed by atoms with E-state index in [0.717, 1.165) is 16.9 Å². The van der Waals surface area contributed by atoms with Crippen molar-refractivity contribution in [3.05, 3.63) is 59.7 Å². The van der Waals surface area contributed by atoms with Crippen LogP contribution in [0, 0.1) is 6.92 Å². The quantitative estimate of drug-likeness (QED) is 0.594. The van der Waals surface area contributed by atoms with Crippen molar-refractivity contribution in [2.45, 2.75) is 13.5 Å². The van der Waals surface area contributed by atoms with E-state index in [2.05, 4.69) is 10.6 Å². The Balaban J connectivity index is 1.67. The van der Waals surface area contributed by atoms with Crippen molar-refractivity contribution < 1.29 is 19.1 Å². The summed E-state index contributed by atoms with van der Waals surface area (Å²) in [7, 11) is 1.59. The zero-order valence-corrected chi connectivity index (χ0v) is 14.4. The number of methoxy groups -OCH3 is 1. The van der Waals surface area contributed by atoms with E-state index in [-0.39, 0.29) is 13.2 Å². The van der Waals surface area contributed by atoms with Gasteiger partial charge in [-0.25, -0.2) is 0 Å². The summed E-state index contributed by atoms with van der Waals surface area (Å²) in [6.07, 6.45) is 0. The number of aryl methyl sites for hydroxylation is 1. The highest BCUT2D eigenvalue weighted by molar-refractivity contribution is 6.35. The molecule has 6 heteroatoms. The van der Waals surface area contributed by atoms with Crippen molar-refractivity contribution in [1.29, 1.82) is 0 Å². The summed E-state index contributed by atoms with van der Waals surface area (Å²) in [6, 6.07) is 14.8. The summed E-state index contributed by atoms with van der Waals surface area (Å²) in [6.45, 7) is 2.78. The summed E-state index contributed by atoms with van der Waals surface area (Å²) in [5.41, 5.74) is 2.04. The third kappa shape index (κ3) is 5.84. The van der Waals surface area contributed by atoms with E-state index in [1.54, 1.807) is 31.4 Å². The molecule has 0 aromatic heterocycles. The normalized spacial score (nSPS) is 10.0. The van der Waals surface area contributed by atoms with Crippen molar-refractivity contribution in [1.82, 2.24) is 10.6 Å². The van der Waals surface area contributed by atoms with Gasteiger partial charge in [0, 0.05) is 6.54 Å². The number of carbonyl (C=O) groups excluding carboxylic acids is 2. The molecule has 0 aliphatic carbocycles. The van der Waals surface area contributed by atoms with Crippen LogP contribution in [0.2, 0.25) is 0 Å². The Hall–Kier alpha value is -3.02. The monoisotopic (exact) mass is 342 g/mol. The van der Waals surface area contributed by atoms with E-state index in [1.165, 1.54) is 0 Å². The maximum atomic E-state index is 11.8. The molecule has 0 spiro atoms. The molecule has 0 fully saturated rings. The van der Waals surface area contributed by atoms with Crippen LogP contribution in [0.25, 0.3) is 0 Å². The smallest absolute Gasteiger partial charge is 0.309 e. The van der Waals surface area contributed by atoms with E-state index < -0.39 is 11.8 Å². The van der Waals surface area contributed by atoms with Crippen LogP contribution in [-0.2, 0) is 16.1 Å². The number of hydrogen-bond acceptors (Lipinski definition) is 4. The average molecular weight is 342 g/mol. The van der Waals surface area contributed by atoms with Gasteiger partial charge in [0.05, 0.1) is 13.7 Å². The van der Waals surface area contributed by atoms with E-state index in [9.17, 15) is 9.59 Å². The first-order valence-electron chi connectivity index (χ1n) is 7.97. The first-order valence-corrected chi connectivity index (χ1v) is 7.97. The van der Waals surface area contributed by atoms with Gasteiger partial charge in [-0.05, 0) is 42.3 Å². The second-order valence-corrected chi connectivity index (χ2v) is 5.39. The number of carbonyl (C=O) groups is 2. The molecule has 6 nitrogen and oxygen atoms in total. The van der Waals surface area contributed by atoms with Crippen LogP contribution in [0.4, 0.5) is 0 Å². The number of benzene rings is 2. The van der Waals surface area contributed by atoms with Crippen molar-refractivity contribution in [2.75, 3.05) is 20.3 Å². The number of ether oxygens (including phenoxy) is 2. The molecule has 0 bridgehead atoms. The summed E-state index contributed by atoms with van der Waals surface area (Å²) >= 11 is 0. The van der Waals surface area contributed by atoms with Gasteiger partial charge in [-0.15, -0.1) is 0 Å². The number of hydrogen-bond donors (Lipinski definition) is 2. The molecule has 2 aromatic carbocycles. The molecule has 0 aliphatic heterocycles. The maximum absolute atomic E-state index is 11.8. The lowest BCUT2D eigenvalue weighted by atomic mass is 10.1. The Kier molecular flexibility index (Phi) is 6.83. The van der Waals surface area contributed by atoms with Gasteiger partial charge in [-0.3, -0.25) is 9.59 Å². The lowest BCUT2D eigenvalue weighted by Gasteiger charge is -2.09. The van der Waals surface area contributed by atoms with Gasteiger partial charge in [-0.2, -0.15) is 0 Å². The Morgan fingerprint density at radius 1 is 0.920 bits per heavy atom. The van der Waals surface area contributed by atoms with Crippen LogP contribution < -0.4 is 20.1 Å². The van der Waals surface area contributed by atoms with Gasteiger partial charge in [0.15, 0.2) is 0 Å². The summed E-state index contributed by atoms with van der Waals surface area (Å²) in [4.78, 5) is 23.5. The summed E-state index contributed by atoms with van der Waals surface area (Å²) in [5.74, 6) is 0.0737. The van der Waals surface area contributed by atoms with E-state index >= 15 is 0 Å². The Morgan fingerprint density at radius 3 is 2.24 bits per heavy atom. The summed E-state index contributed by atoms with van der Waals surface area (Å²) in [5, 5.41) is 5.13. The lowest BCUT2D eigenvalue weighted by Crippen LogP contribution is -2.41. The van der Waals surface area contributed by atoms with Crippen molar-refractivity contribution in [3.63, 3.8) is 0 Å². The van der Waals surface area contributed by atoms with Gasteiger partial charge < -0.3 is 20.1 Å². The zero-order chi connectivity index (χ0) is 18.1. The van der Waals surface area contributed by atoms with Crippen LogP contribution in [0.1, 0.15) is 11.1 Å². The number of amides is 2. The second-order valence-electron chi connectivity index (χ2n) is 5.39.